The third-order valence-electron chi connectivity index (χ3n) is 1.44. The van der Waals surface area contributed by atoms with Crippen LogP contribution >= 0.6 is 23.2 Å². The highest BCUT2D eigenvalue weighted by atomic mass is 35.5. The van der Waals surface area contributed by atoms with Gasteiger partial charge in [0.05, 0.1) is 10.0 Å². The Balaban J connectivity index is 3.17. The minimum Gasteiger partial charge on any atom is -0.402 e. The molecule has 0 aliphatic carbocycles. The van der Waals surface area contributed by atoms with Gasteiger partial charge in [0, 0.05) is 12.1 Å². The minimum atomic E-state index is -5.19. The quantitative estimate of drug-likeness (QED) is 0.731. The van der Waals surface area contributed by atoms with Crippen molar-refractivity contribution >= 4 is 23.2 Å². The number of hydrogen-bond acceptors (Lipinski definition) is 2. The summed E-state index contributed by atoms with van der Waals surface area (Å²) in [6.45, 7) is 0. The van der Waals surface area contributed by atoms with Crippen LogP contribution < -0.4 is 9.47 Å². The van der Waals surface area contributed by atoms with E-state index in [4.69, 9.17) is 23.2 Å². The molecule has 0 spiro atoms. The lowest BCUT2D eigenvalue weighted by molar-refractivity contribution is -0.287. The summed E-state index contributed by atoms with van der Waals surface area (Å²) < 4.78 is 78.4. The summed E-state index contributed by atoms with van der Waals surface area (Å²) in [5, 5.41) is -0.823. The molecule has 0 fully saturated rings. The molecule has 0 aromatic heterocycles. The lowest BCUT2D eigenvalue weighted by Crippen LogP contribution is -2.21. The van der Waals surface area contributed by atoms with Crippen molar-refractivity contribution in [3.05, 3.63) is 22.2 Å². The van der Waals surface area contributed by atoms with Gasteiger partial charge >= 0.3 is 12.7 Å². The molecule has 10 heteroatoms. The molecule has 1 aromatic carbocycles. The Morgan fingerprint density at radius 3 is 1.22 bits per heavy atom. The van der Waals surface area contributed by atoms with E-state index in [2.05, 4.69) is 9.47 Å². The van der Waals surface area contributed by atoms with Gasteiger partial charge in [-0.1, -0.05) is 23.2 Å². The van der Waals surface area contributed by atoms with Gasteiger partial charge in [0.1, 0.15) is 0 Å². The summed E-state index contributed by atoms with van der Waals surface area (Å²) in [5.74, 6) is -2.48. The van der Waals surface area contributed by atoms with E-state index in [0.717, 1.165) is 0 Å². The Kier molecular flexibility index (Phi) is 4.12. The molecule has 0 atom stereocenters. The molecule has 0 radical (unpaired) electrons. The van der Waals surface area contributed by atoms with Gasteiger partial charge in [0.2, 0.25) is 0 Å². The summed E-state index contributed by atoms with van der Waals surface area (Å²) in [7, 11) is 0. The van der Waals surface area contributed by atoms with Gasteiger partial charge in [0.25, 0.3) is 0 Å². The van der Waals surface area contributed by atoms with Crippen LogP contribution in [-0.4, -0.2) is 12.7 Å². The number of halogens is 8. The Labute approximate surface area is 106 Å². The van der Waals surface area contributed by atoms with Gasteiger partial charge in [-0.25, -0.2) is 0 Å². The summed E-state index contributed by atoms with van der Waals surface area (Å²) >= 11 is 10.7. The second kappa shape index (κ2) is 4.93. The first-order chi connectivity index (χ1) is 7.98. The number of ether oxygens (including phenoxy) is 2. The van der Waals surface area contributed by atoms with E-state index in [1.54, 1.807) is 0 Å². The number of alkyl halides is 6. The summed E-state index contributed by atoms with van der Waals surface area (Å²) in [6, 6.07) is 0.941. The Bertz CT molecular complexity index is 401. The molecule has 102 valence electrons. The SMILES string of the molecule is FC(F)(F)Oc1cc(Cl)c(Cl)cc1OC(F)(F)F. The largest absolute Gasteiger partial charge is 0.573 e. The first kappa shape index (κ1) is 15.0. The maximum Gasteiger partial charge on any atom is 0.573 e. The van der Waals surface area contributed by atoms with E-state index < -0.39 is 34.3 Å². The van der Waals surface area contributed by atoms with Crippen LogP contribution in [0, 0.1) is 0 Å². The predicted molar refractivity (Wildman–Crippen MR) is 49.8 cm³/mol. The lowest BCUT2D eigenvalue weighted by atomic mass is 10.3. The van der Waals surface area contributed by atoms with Crippen LogP contribution in [0.2, 0.25) is 10.0 Å². The van der Waals surface area contributed by atoms with Crippen molar-refractivity contribution in [2.24, 2.45) is 0 Å². The maximum absolute atomic E-state index is 12.0. The zero-order valence-electron chi connectivity index (χ0n) is 7.99. The standard InChI is InChI=1S/C8H2Cl2F6O2/c9-3-1-5(17-7(11,12)13)6(2-4(3)10)18-8(14,15)16/h1-2H. The van der Waals surface area contributed by atoms with Crippen LogP contribution in [-0.2, 0) is 0 Å². The van der Waals surface area contributed by atoms with Gasteiger partial charge in [-0.3, -0.25) is 0 Å². The zero-order valence-corrected chi connectivity index (χ0v) is 9.51. The molecule has 18 heavy (non-hydrogen) atoms. The zero-order chi connectivity index (χ0) is 14.1. The highest BCUT2D eigenvalue weighted by Gasteiger charge is 2.37. The topological polar surface area (TPSA) is 18.5 Å². The van der Waals surface area contributed by atoms with Crippen LogP contribution in [0.1, 0.15) is 0 Å². The first-order valence-corrected chi connectivity index (χ1v) is 4.74. The van der Waals surface area contributed by atoms with Crippen molar-refractivity contribution in [3.8, 4) is 11.5 Å². The van der Waals surface area contributed by atoms with Crippen molar-refractivity contribution in [1.82, 2.24) is 0 Å². The molecule has 0 saturated heterocycles. The summed E-state index contributed by atoms with van der Waals surface area (Å²) in [5.41, 5.74) is 0. The second-order valence-corrected chi connectivity index (χ2v) is 3.62. The fraction of sp³-hybridized carbons (Fsp3) is 0.250. The fourth-order valence-corrected chi connectivity index (χ4v) is 1.23. The highest BCUT2D eigenvalue weighted by molar-refractivity contribution is 6.42. The van der Waals surface area contributed by atoms with Gasteiger partial charge in [-0.15, -0.1) is 26.3 Å². The smallest absolute Gasteiger partial charge is 0.402 e. The van der Waals surface area contributed by atoms with E-state index in [0.29, 0.717) is 12.1 Å². The van der Waals surface area contributed by atoms with Crippen LogP contribution in [0.4, 0.5) is 26.3 Å². The molecule has 0 aliphatic rings. The van der Waals surface area contributed by atoms with Gasteiger partial charge in [0.15, 0.2) is 11.5 Å². The van der Waals surface area contributed by atoms with E-state index >= 15 is 0 Å². The Morgan fingerprint density at radius 1 is 0.722 bits per heavy atom. The molecule has 1 rings (SSSR count). The molecular weight excluding hydrogens is 313 g/mol. The van der Waals surface area contributed by atoms with Crippen LogP contribution in [0.15, 0.2) is 12.1 Å². The average Bonchev–Trinajstić information content (AvgIpc) is 2.08. The molecule has 0 heterocycles. The van der Waals surface area contributed by atoms with Gasteiger partial charge in [-0.05, 0) is 0 Å². The Hall–Kier alpha value is -1.02. The first-order valence-electron chi connectivity index (χ1n) is 3.98. The van der Waals surface area contributed by atoms with E-state index in [1.807, 2.05) is 0 Å². The van der Waals surface area contributed by atoms with Gasteiger partial charge in [-0.2, -0.15) is 0 Å². The van der Waals surface area contributed by atoms with Crippen molar-refractivity contribution in [1.29, 1.82) is 0 Å². The average molecular weight is 315 g/mol. The third kappa shape index (κ3) is 4.69. The lowest BCUT2D eigenvalue weighted by Gasteiger charge is -2.16. The van der Waals surface area contributed by atoms with Crippen molar-refractivity contribution < 1.29 is 35.8 Å². The van der Waals surface area contributed by atoms with E-state index in [1.165, 1.54) is 0 Å². The summed E-state index contributed by atoms with van der Waals surface area (Å²) in [6.07, 6.45) is -10.4. The molecule has 0 bridgehead atoms. The molecule has 0 aliphatic heterocycles. The number of rotatable bonds is 2. The molecule has 0 N–H and O–H groups in total. The van der Waals surface area contributed by atoms with E-state index in [-0.39, 0.29) is 0 Å². The Morgan fingerprint density at radius 2 is 1.00 bits per heavy atom. The predicted octanol–water partition coefficient (Wildman–Crippen LogP) is 4.79. The van der Waals surface area contributed by atoms with Crippen LogP contribution in [0.3, 0.4) is 0 Å². The van der Waals surface area contributed by atoms with Gasteiger partial charge < -0.3 is 9.47 Å². The second-order valence-electron chi connectivity index (χ2n) is 2.81. The number of hydrogen-bond donors (Lipinski definition) is 0. The van der Waals surface area contributed by atoms with Crippen LogP contribution in [0.25, 0.3) is 0 Å². The highest BCUT2D eigenvalue weighted by Crippen LogP contribution is 2.40. The molecule has 1 aromatic rings. The minimum absolute atomic E-state index is 0.412. The van der Waals surface area contributed by atoms with Crippen LogP contribution in [0.5, 0.6) is 11.5 Å². The normalized spacial score (nSPS) is 12.4. The van der Waals surface area contributed by atoms with Crippen molar-refractivity contribution in [2.75, 3.05) is 0 Å². The molecule has 0 saturated carbocycles. The van der Waals surface area contributed by atoms with E-state index in [9.17, 15) is 26.3 Å². The van der Waals surface area contributed by atoms with Crippen molar-refractivity contribution in [3.63, 3.8) is 0 Å². The fourth-order valence-electron chi connectivity index (χ4n) is 0.919. The maximum atomic E-state index is 12.0. The monoisotopic (exact) mass is 314 g/mol. The molecule has 0 unspecified atom stereocenters. The third-order valence-corrected chi connectivity index (χ3v) is 2.16. The molecular formula is C8H2Cl2F6O2. The molecule has 2 nitrogen and oxygen atoms in total. The summed E-state index contributed by atoms with van der Waals surface area (Å²) in [4.78, 5) is 0. The van der Waals surface area contributed by atoms with Crippen molar-refractivity contribution in [2.45, 2.75) is 12.7 Å². The number of benzene rings is 1. The molecule has 0 amide bonds.